The number of hydrogen-bond acceptors (Lipinski definition) is 3. The maximum Gasteiger partial charge on any atom is 0.151 e. The lowest BCUT2D eigenvalue weighted by Gasteiger charge is -2.02. The van der Waals surface area contributed by atoms with E-state index < -0.39 is 0 Å². The van der Waals surface area contributed by atoms with E-state index in [0.717, 1.165) is 17.0 Å². The number of rotatable bonds is 2. The average Bonchev–Trinajstić information content (AvgIpc) is 2.30. The fourth-order valence-corrected chi connectivity index (χ4v) is 1.35. The Bertz CT molecular complexity index is 456. The van der Waals surface area contributed by atoms with Crippen LogP contribution < -0.4 is 4.74 Å². The number of methoxy groups -OCH3 is 1. The number of ether oxygens (including phenoxy) is 1. The van der Waals surface area contributed by atoms with Crippen LogP contribution >= 0.6 is 11.6 Å². The molecule has 0 saturated heterocycles. The lowest BCUT2D eigenvalue weighted by molar-refractivity contribution is 0.415. The van der Waals surface area contributed by atoms with E-state index in [0.29, 0.717) is 5.15 Å². The molecule has 0 N–H and O–H groups in total. The summed E-state index contributed by atoms with van der Waals surface area (Å²) in [6, 6.07) is 11.2. The SMILES string of the molecule is COc1cccc(-c2ccc(Cl)nn2)c1. The van der Waals surface area contributed by atoms with Crippen molar-refractivity contribution in [1.82, 2.24) is 10.2 Å². The molecule has 3 nitrogen and oxygen atoms in total. The van der Waals surface area contributed by atoms with Gasteiger partial charge in [-0.05, 0) is 24.3 Å². The van der Waals surface area contributed by atoms with Crippen molar-refractivity contribution in [1.29, 1.82) is 0 Å². The van der Waals surface area contributed by atoms with Crippen molar-refractivity contribution >= 4 is 11.6 Å². The molecule has 4 heteroatoms. The third-order valence-electron chi connectivity index (χ3n) is 2.00. The molecule has 0 aliphatic rings. The first-order chi connectivity index (χ1) is 7.29. The summed E-state index contributed by atoms with van der Waals surface area (Å²) in [7, 11) is 1.63. The van der Waals surface area contributed by atoms with Gasteiger partial charge in [0.15, 0.2) is 5.15 Å². The molecule has 0 fully saturated rings. The minimum Gasteiger partial charge on any atom is -0.497 e. The van der Waals surface area contributed by atoms with Gasteiger partial charge in [0.1, 0.15) is 5.75 Å². The molecule has 2 aromatic rings. The maximum absolute atomic E-state index is 5.66. The van der Waals surface area contributed by atoms with Crippen molar-refractivity contribution in [2.75, 3.05) is 7.11 Å². The molecule has 0 radical (unpaired) electrons. The molecular weight excluding hydrogens is 212 g/mol. The van der Waals surface area contributed by atoms with Crippen LogP contribution in [0.2, 0.25) is 5.15 Å². The van der Waals surface area contributed by atoms with Crippen molar-refractivity contribution in [3.05, 3.63) is 41.6 Å². The Balaban J connectivity index is 2.40. The van der Waals surface area contributed by atoms with E-state index >= 15 is 0 Å². The Morgan fingerprint density at radius 3 is 2.67 bits per heavy atom. The molecule has 0 saturated carbocycles. The summed E-state index contributed by atoms with van der Waals surface area (Å²) >= 11 is 5.66. The van der Waals surface area contributed by atoms with E-state index in [-0.39, 0.29) is 0 Å². The molecule has 1 aromatic carbocycles. The number of halogens is 1. The van der Waals surface area contributed by atoms with Gasteiger partial charge >= 0.3 is 0 Å². The molecule has 76 valence electrons. The van der Waals surface area contributed by atoms with Crippen LogP contribution in [-0.4, -0.2) is 17.3 Å². The third kappa shape index (κ3) is 2.25. The van der Waals surface area contributed by atoms with Gasteiger partial charge in [0, 0.05) is 5.56 Å². The molecule has 15 heavy (non-hydrogen) atoms. The number of benzene rings is 1. The summed E-state index contributed by atoms with van der Waals surface area (Å²) in [5.41, 5.74) is 1.73. The molecular formula is C11H9ClN2O. The molecule has 0 atom stereocenters. The maximum atomic E-state index is 5.66. The average molecular weight is 221 g/mol. The van der Waals surface area contributed by atoms with Crippen LogP contribution in [0.3, 0.4) is 0 Å². The first-order valence-corrected chi connectivity index (χ1v) is 4.81. The van der Waals surface area contributed by atoms with Crippen LogP contribution in [0.4, 0.5) is 0 Å². The van der Waals surface area contributed by atoms with Gasteiger partial charge in [0.05, 0.1) is 12.8 Å². The summed E-state index contributed by atoms with van der Waals surface area (Å²) in [4.78, 5) is 0. The van der Waals surface area contributed by atoms with Crippen molar-refractivity contribution in [2.45, 2.75) is 0 Å². The molecule has 0 bridgehead atoms. The molecule has 0 aliphatic carbocycles. The van der Waals surface area contributed by atoms with Gasteiger partial charge in [-0.15, -0.1) is 10.2 Å². The quantitative estimate of drug-likeness (QED) is 0.781. The van der Waals surface area contributed by atoms with E-state index in [4.69, 9.17) is 16.3 Å². The van der Waals surface area contributed by atoms with Crippen LogP contribution in [0.15, 0.2) is 36.4 Å². The topological polar surface area (TPSA) is 35.0 Å². The predicted octanol–water partition coefficient (Wildman–Crippen LogP) is 2.81. The second-order valence-corrected chi connectivity index (χ2v) is 3.36. The van der Waals surface area contributed by atoms with Crippen LogP contribution in [0.25, 0.3) is 11.3 Å². The monoisotopic (exact) mass is 220 g/mol. The fraction of sp³-hybridized carbons (Fsp3) is 0.0909. The zero-order valence-corrected chi connectivity index (χ0v) is 8.90. The summed E-state index contributed by atoms with van der Waals surface area (Å²) in [5, 5.41) is 8.16. The van der Waals surface area contributed by atoms with Gasteiger partial charge in [-0.3, -0.25) is 0 Å². The predicted molar refractivity (Wildman–Crippen MR) is 59.0 cm³/mol. The highest BCUT2D eigenvalue weighted by molar-refractivity contribution is 6.29. The summed E-state index contributed by atoms with van der Waals surface area (Å²) in [6.07, 6.45) is 0. The molecule has 1 aromatic heterocycles. The Hall–Kier alpha value is -1.61. The highest BCUT2D eigenvalue weighted by Crippen LogP contribution is 2.21. The van der Waals surface area contributed by atoms with Crippen LogP contribution in [0.5, 0.6) is 5.75 Å². The van der Waals surface area contributed by atoms with Crippen molar-refractivity contribution in [2.24, 2.45) is 0 Å². The third-order valence-corrected chi connectivity index (χ3v) is 2.20. The van der Waals surface area contributed by atoms with Crippen LogP contribution in [-0.2, 0) is 0 Å². The zero-order valence-electron chi connectivity index (χ0n) is 8.14. The molecule has 1 heterocycles. The van der Waals surface area contributed by atoms with Crippen LogP contribution in [0.1, 0.15) is 0 Å². The van der Waals surface area contributed by atoms with Gasteiger partial charge in [0.25, 0.3) is 0 Å². The van der Waals surface area contributed by atoms with E-state index in [9.17, 15) is 0 Å². The molecule has 2 rings (SSSR count). The Labute approximate surface area is 92.7 Å². The van der Waals surface area contributed by atoms with E-state index in [1.165, 1.54) is 0 Å². The largest absolute Gasteiger partial charge is 0.497 e. The number of hydrogen-bond donors (Lipinski definition) is 0. The minimum atomic E-state index is 0.390. The normalized spacial score (nSPS) is 10.0. The van der Waals surface area contributed by atoms with E-state index in [2.05, 4.69) is 10.2 Å². The Morgan fingerprint density at radius 2 is 2.00 bits per heavy atom. The number of nitrogens with zero attached hydrogens (tertiary/aromatic N) is 2. The second-order valence-electron chi connectivity index (χ2n) is 2.97. The van der Waals surface area contributed by atoms with Crippen molar-refractivity contribution < 1.29 is 4.74 Å². The minimum absolute atomic E-state index is 0.390. The first-order valence-electron chi connectivity index (χ1n) is 4.43. The van der Waals surface area contributed by atoms with Gasteiger partial charge in [-0.2, -0.15) is 0 Å². The second kappa shape index (κ2) is 4.28. The Morgan fingerprint density at radius 1 is 1.13 bits per heavy atom. The fourth-order valence-electron chi connectivity index (χ4n) is 1.25. The lowest BCUT2D eigenvalue weighted by atomic mass is 10.1. The molecule has 0 aliphatic heterocycles. The van der Waals surface area contributed by atoms with Crippen molar-refractivity contribution in [3.8, 4) is 17.0 Å². The van der Waals surface area contributed by atoms with Crippen molar-refractivity contribution in [3.63, 3.8) is 0 Å². The van der Waals surface area contributed by atoms with Gasteiger partial charge < -0.3 is 4.74 Å². The highest BCUT2D eigenvalue weighted by atomic mass is 35.5. The Kier molecular flexibility index (Phi) is 2.83. The summed E-state index contributed by atoms with van der Waals surface area (Å²) in [5.74, 6) is 0.796. The van der Waals surface area contributed by atoms with Crippen LogP contribution in [0, 0.1) is 0 Å². The smallest absolute Gasteiger partial charge is 0.151 e. The molecule has 0 spiro atoms. The zero-order chi connectivity index (χ0) is 10.7. The van der Waals surface area contributed by atoms with Gasteiger partial charge in [-0.1, -0.05) is 23.7 Å². The highest BCUT2D eigenvalue weighted by Gasteiger charge is 2.01. The number of aromatic nitrogens is 2. The van der Waals surface area contributed by atoms with E-state index in [1.807, 2.05) is 30.3 Å². The standard InChI is InChI=1S/C11H9ClN2O/c1-15-9-4-2-3-8(7-9)10-5-6-11(12)14-13-10/h2-7H,1H3. The molecule has 0 amide bonds. The van der Waals surface area contributed by atoms with Gasteiger partial charge in [0.2, 0.25) is 0 Å². The molecule has 0 unspecified atom stereocenters. The first kappa shape index (κ1) is 9.93. The van der Waals surface area contributed by atoms with Gasteiger partial charge in [-0.25, -0.2) is 0 Å². The van der Waals surface area contributed by atoms with E-state index in [1.54, 1.807) is 13.2 Å². The summed E-state index contributed by atoms with van der Waals surface area (Å²) in [6.45, 7) is 0. The lowest BCUT2D eigenvalue weighted by Crippen LogP contribution is -1.88. The summed E-state index contributed by atoms with van der Waals surface area (Å²) < 4.78 is 5.13.